The summed E-state index contributed by atoms with van der Waals surface area (Å²) in [6.45, 7) is 0.252. The van der Waals surface area contributed by atoms with Crippen LogP contribution in [0.5, 0.6) is 11.5 Å². The van der Waals surface area contributed by atoms with Gasteiger partial charge in [-0.05, 0) is 48.5 Å². The molecular weight excluding hydrogens is 522 g/mol. The van der Waals surface area contributed by atoms with Gasteiger partial charge in [-0.2, -0.15) is 8.42 Å². The molecule has 3 aromatic carbocycles. The van der Waals surface area contributed by atoms with Crippen molar-refractivity contribution in [3.8, 4) is 11.5 Å². The van der Waals surface area contributed by atoms with E-state index < -0.39 is 21.9 Å². The summed E-state index contributed by atoms with van der Waals surface area (Å²) in [6, 6.07) is 20.7. The number of rotatable bonds is 8. The van der Waals surface area contributed by atoms with Gasteiger partial charge in [-0.1, -0.05) is 24.3 Å². The first-order chi connectivity index (χ1) is 18.8. The highest BCUT2D eigenvalue weighted by atomic mass is 32.2. The predicted octanol–water partition coefficient (Wildman–Crippen LogP) is 3.26. The van der Waals surface area contributed by atoms with E-state index >= 15 is 0 Å². The van der Waals surface area contributed by atoms with Crippen molar-refractivity contribution in [2.75, 3.05) is 43.7 Å². The smallest absolute Gasteiger partial charge is 0.311 e. The Bertz CT molecular complexity index is 1540. The van der Waals surface area contributed by atoms with E-state index in [2.05, 4.69) is 4.40 Å². The van der Waals surface area contributed by atoms with Gasteiger partial charge < -0.3 is 24.0 Å². The van der Waals surface area contributed by atoms with Gasteiger partial charge in [0.2, 0.25) is 5.91 Å². The molecule has 1 unspecified atom stereocenters. The van der Waals surface area contributed by atoms with Gasteiger partial charge in [-0.15, -0.1) is 4.40 Å². The first-order valence-corrected chi connectivity index (χ1v) is 13.7. The van der Waals surface area contributed by atoms with Crippen LogP contribution < -0.4 is 19.3 Å². The number of para-hydroxylation sites is 2. The molecule has 0 N–H and O–H groups in total. The van der Waals surface area contributed by atoms with Crippen molar-refractivity contribution >= 4 is 39.1 Å². The Hall–Kier alpha value is -4.38. The second-order valence-corrected chi connectivity index (χ2v) is 10.6. The molecule has 5 rings (SSSR count). The number of sulfonamides is 1. The molecule has 1 amide bonds. The highest BCUT2D eigenvalue weighted by Crippen LogP contribution is 2.34. The van der Waals surface area contributed by atoms with Crippen LogP contribution in [0.15, 0.2) is 82.1 Å². The fraction of sp³-hybridized carbons (Fsp3) is 0.250. The highest BCUT2D eigenvalue weighted by Gasteiger charge is 2.37. The topological polar surface area (TPSA) is 115 Å². The lowest BCUT2D eigenvalue weighted by atomic mass is 10.1. The molecule has 0 aliphatic carbocycles. The number of benzene rings is 3. The summed E-state index contributed by atoms with van der Waals surface area (Å²) in [5.41, 5.74) is 1.70. The van der Waals surface area contributed by atoms with Crippen molar-refractivity contribution in [3.05, 3.63) is 78.4 Å². The van der Waals surface area contributed by atoms with Gasteiger partial charge in [-0.3, -0.25) is 9.59 Å². The van der Waals surface area contributed by atoms with Crippen LogP contribution in [0.4, 0.5) is 11.4 Å². The minimum Gasteiger partial charge on any atom is -0.497 e. The maximum absolute atomic E-state index is 12.9. The molecule has 0 aromatic heterocycles. The number of fused-ring (bicyclic) bond motifs is 1. The van der Waals surface area contributed by atoms with E-state index in [0.29, 0.717) is 28.4 Å². The lowest BCUT2D eigenvalue weighted by Crippen LogP contribution is -2.35. The second-order valence-electron chi connectivity index (χ2n) is 8.98. The fourth-order valence-corrected chi connectivity index (χ4v) is 5.92. The van der Waals surface area contributed by atoms with Crippen molar-refractivity contribution < 1.29 is 32.2 Å². The Kier molecular flexibility index (Phi) is 7.25. The molecule has 39 heavy (non-hydrogen) atoms. The number of esters is 1. The number of carbonyl (C=O) groups excluding carboxylic acids is 2. The maximum atomic E-state index is 12.9. The summed E-state index contributed by atoms with van der Waals surface area (Å²) in [5.74, 6) is 0.103. The normalized spacial score (nSPS) is 17.4. The number of nitrogens with zero attached hydrogens (tertiary/aromatic N) is 3. The molecule has 202 valence electrons. The second kappa shape index (κ2) is 10.8. The molecule has 1 atom stereocenters. The fourth-order valence-electron chi connectivity index (χ4n) is 4.71. The molecule has 0 saturated carbocycles. The van der Waals surface area contributed by atoms with Crippen molar-refractivity contribution in [2.24, 2.45) is 10.3 Å². The van der Waals surface area contributed by atoms with Crippen LogP contribution in [-0.4, -0.2) is 60.0 Å². The van der Waals surface area contributed by atoms with Gasteiger partial charge in [0.1, 0.15) is 23.0 Å². The third-order valence-corrected chi connectivity index (χ3v) is 7.97. The minimum absolute atomic E-state index is 0.0411. The summed E-state index contributed by atoms with van der Waals surface area (Å²) in [4.78, 5) is 28.9. The maximum Gasteiger partial charge on any atom is 0.311 e. The quantitative estimate of drug-likeness (QED) is 0.394. The monoisotopic (exact) mass is 549 g/mol. The van der Waals surface area contributed by atoms with Crippen LogP contribution in [0.1, 0.15) is 12.0 Å². The molecule has 0 bridgehead atoms. The number of methoxy groups -OCH3 is 2. The predicted molar refractivity (Wildman–Crippen MR) is 145 cm³/mol. The van der Waals surface area contributed by atoms with Gasteiger partial charge >= 0.3 is 5.97 Å². The van der Waals surface area contributed by atoms with Crippen LogP contribution >= 0.6 is 0 Å². The number of anilines is 2. The van der Waals surface area contributed by atoms with E-state index in [-0.39, 0.29) is 42.8 Å². The number of amidine groups is 1. The Morgan fingerprint density at radius 2 is 1.72 bits per heavy atom. The summed E-state index contributed by atoms with van der Waals surface area (Å²) in [7, 11) is -0.797. The molecule has 0 spiro atoms. The van der Waals surface area contributed by atoms with Gasteiger partial charge in [-0.25, -0.2) is 0 Å². The van der Waals surface area contributed by atoms with E-state index in [1.807, 2.05) is 0 Å². The summed E-state index contributed by atoms with van der Waals surface area (Å²) >= 11 is 0. The third kappa shape index (κ3) is 5.17. The van der Waals surface area contributed by atoms with E-state index in [9.17, 15) is 18.0 Å². The van der Waals surface area contributed by atoms with Crippen molar-refractivity contribution in [1.29, 1.82) is 0 Å². The van der Waals surface area contributed by atoms with Crippen LogP contribution in [0.3, 0.4) is 0 Å². The number of hydrogen-bond donors (Lipinski definition) is 0. The molecule has 0 radical (unpaired) electrons. The van der Waals surface area contributed by atoms with E-state index in [1.165, 1.54) is 13.2 Å². The van der Waals surface area contributed by atoms with Gasteiger partial charge in [0.15, 0.2) is 5.84 Å². The van der Waals surface area contributed by atoms with Crippen molar-refractivity contribution in [1.82, 2.24) is 0 Å². The van der Waals surface area contributed by atoms with Crippen LogP contribution in [-0.2, 0) is 24.3 Å². The van der Waals surface area contributed by atoms with Gasteiger partial charge in [0.25, 0.3) is 10.0 Å². The largest absolute Gasteiger partial charge is 0.497 e. The first-order valence-electron chi connectivity index (χ1n) is 12.3. The average Bonchev–Trinajstić information content (AvgIpc) is 3.48. The van der Waals surface area contributed by atoms with Gasteiger partial charge in [0.05, 0.1) is 32.4 Å². The van der Waals surface area contributed by atoms with Crippen molar-refractivity contribution in [2.45, 2.75) is 11.3 Å². The van der Waals surface area contributed by atoms with Crippen LogP contribution in [0.25, 0.3) is 0 Å². The van der Waals surface area contributed by atoms with Gasteiger partial charge in [0, 0.05) is 24.2 Å². The summed E-state index contributed by atoms with van der Waals surface area (Å²) in [6.07, 6.45) is 0.0411. The Morgan fingerprint density at radius 3 is 2.46 bits per heavy atom. The number of hydrogen-bond acceptors (Lipinski definition) is 8. The molecule has 11 heteroatoms. The molecular formula is C28H27N3O7S. The highest BCUT2D eigenvalue weighted by molar-refractivity contribution is 7.90. The van der Waals surface area contributed by atoms with Crippen LogP contribution in [0.2, 0.25) is 0 Å². The zero-order valence-electron chi connectivity index (χ0n) is 21.4. The zero-order valence-corrected chi connectivity index (χ0v) is 22.3. The number of ether oxygens (including phenoxy) is 3. The zero-order chi connectivity index (χ0) is 27.6. The number of carbonyl (C=O) groups is 2. The molecule has 2 heterocycles. The van der Waals surface area contributed by atoms with Crippen LogP contribution in [0, 0.1) is 5.92 Å². The molecule has 3 aromatic rings. The molecule has 1 saturated heterocycles. The van der Waals surface area contributed by atoms with E-state index in [4.69, 9.17) is 14.2 Å². The standard InChI is InChI=1S/C28H27N3O7S/c1-36-21-13-11-20(12-14-21)31-18-19(17-26(31)32)28(33)38-16-15-30(23-8-4-5-9-24(23)37-2)27-22-7-3-6-10-25(22)39(34,35)29-27/h3-14,19H,15-18H2,1-2H3. The summed E-state index contributed by atoms with van der Waals surface area (Å²) in [5, 5.41) is 0. The van der Waals surface area contributed by atoms with E-state index in [0.717, 1.165) is 0 Å². The molecule has 10 nitrogen and oxygen atoms in total. The third-order valence-electron chi connectivity index (χ3n) is 6.65. The minimum atomic E-state index is -3.88. The van der Waals surface area contributed by atoms with E-state index in [1.54, 1.807) is 83.6 Å². The molecule has 2 aliphatic rings. The molecule has 1 fully saturated rings. The lowest BCUT2D eigenvalue weighted by molar-refractivity contribution is -0.148. The average molecular weight is 550 g/mol. The SMILES string of the molecule is COc1ccc(N2CC(C(=O)OCCN(C3=NS(=O)(=O)c4ccccc43)c3ccccc3OC)CC2=O)cc1. The lowest BCUT2D eigenvalue weighted by Gasteiger charge is -2.26. The Labute approximate surface area is 226 Å². The van der Waals surface area contributed by atoms with Crippen molar-refractivity contribution in [3.63, 3.8) is 0 Å². The Morgan fingerprint density at radius 1 is 1.00 bits per heavy atom. The molecule has 2 aliphatic heterocycles. The Balaban J connectivity index is 1.32. The summed E-state index contributed by atoms with van der Waals surface area (Å²) < 4.78 is 45.8. The number of amides is 1. The first kappa shape index (κ1) is 26.2.